The highest BCUT2D eigenvalue weighted by molar-refractivity contribution is 9.10. The van der Waals surface area contributed by atoms with Gasteiger partial charge in [0.05, 0.1) is 10.6 Å². The minimum absolute atomic E-state index is 0.0428. The highest BCUT2D eigenvalue weighted by atomic mass is 79.9. The molecule has 3 rings (SSSR count). The summed E-state index contributed by atoms with van der Waals surface area (Å²) in [5, 5.41) is 3.58. The number of benzene rings is 3. The van der Waals surface area contributed by atoms with Crippen LogP contribution in [-0.4, -0.2) is 44.3 Å². The first-order valence-electron chi connectivity index (χ1n) is 13.2. The Morgan fingerprint density at radius 1 is 0.951 bits per heavy atom. The van der Waals surface area contributed by atoms with E-state index >= 15 is 0 Å². The number of halogens is 3. The zero-order valence-corrected chi connectivity index (χ0v) is 27.3. The second-order valence-corrected chi connectivity index (χ2v) is 13.7. The molecule has 0 fully saturated rings. The molecule has 1 atom stereocenters. The van der Waals surface area contributed by atoms with Gasteiger partial charge in [-0.05, 0) is 67.8 Å². The molecule has 0 aliphatic carbocycles. The summed E-state index contributed by atoms with van der Waals surface area (Å²) in [5.74, 6) is -0.716. The van der Waals surface area contributed by atoms with Crippen LogP contribution in [0, 0.1) is 12.8 Å². The summed E-state index contributed by atoms with van der Waals surface area (Å²) in [5.41, 5.74) is 1.67. The lowest BCUT2D eigenvalue weighted by molar-refractivity contribution is -0.140. The average molecular weight is 683 g/mol. The van der Waals surface area contributed by atoms with Crippen molar-refractivity contribution in [2.45, 2.75) is 51.6 Å². The predicted molar refractivity (Wildman–Crippen MR) is 169 cm³/mol. The average Bonchev–Trinajstić information content (AvgIpc) is 2.92. The fourth-order valence-corrected chi connectivity index (χ4v) is 6.36. The number of rotatable bonds is 12. The number of sulfonamides is 1. The van der Waals surface area contributed by atoms with Crippen molar-refractivity contribution in [1.29, 1.82) is 0 Å². The number of carbonyl (C=O) groups excluding carboxylic acids is 2. The first-order chi connectivity index (χ1) is 19.3. The fourth-order valence-electron chi connectivity index (χ4n) is 4.17. The molecule has 0 bridgehead atoms. The Labute approximate surface area is 261 Å². The smallest absolute Gasteiger partial charge is 0.264 e. The van der Waals surface area contributed by atoms with E-state index in [0.29, 0.717) is 34.3 Å². The number of nitrogens with one attached hydrogen (secondary N) is 1. The van der Waals surface area contributed by atoms with E-state index in [1.54, 1.807) is 61.5 Å². The lowest BCUT2D eigenvalue weighted by Gasteiger charge is -2.33. The summed E-state index contributed by atoms with van der Waals surface area (Å²) < 4.78 is 29.7. The molecule has 0 saturated carbocycles. The molecule has 0 radical (unpaired) electrons. The van der Waals surface area contributed by atoms with Crippen LogP contribution in [0.3, 0.4) is 0 Å². The van der Waals surface area contributed by atoms with Gasteiger partial charge in [0.2, 0.25) is 11.8 Å². The molecule has 0 heterocycles. The summed E-state index contributed by atoms with van der Waals surface area (Å²) in [7, 11) is -4.16. The van der Waals surface area contributed by atoms with E-state index in [-0.39, 0.29) is 23.3 Å². The molecule has 220 valence electrons. The Bertz CT molecular complexity index is 1450. The molecule has 0 aromatic heterocycles. The third-order valence-electron chi connectivity index (χ3n) is 6.46. The number of anilines is 1. The highest BCUT2D eigenvalue weighted by Gasteiger charge is 2.34. The Hall–Kier alpha value is -2.59. The molecule has 41 heavy (non-hydrogen) atoms. The van der Waals surface area contributed by atoms with E-state index in [0.717, 1.165) is 14.3 Å². The summed E-state index contributed by atoms with van der Waals surface area (Å²) in [6, 6.07) is 17.2. The van der Waals surface area contributed by atoms with Gasteiger partial charge in [0, 0.05) is 33.2 Å². The predicted octanol–water partition coefficient (Wildman–Crippen LogP) is 6.84. The van der Waals surface area contributed by atoms with Crippen molar-refractivity contribution in [3.05, 3.63) is 92.4 Å². The van der Waals surface area contributed by atoms with Crippen molar-refractivity contribution < 1.29 is 18.0 Å². The number of amides is 2. The molecule has 3 aromatic carbocycles. The van der Waals surface area contributed by atoms with E-state index in [2.05, 4.69) is 21.2 Å². The van der Waals surface area contributed by atoms with Crippen LogP contribution in [0.25, 0.3) is 0 Å². The minimum atomic E-state index is -4.16. The monoisotopic (exact) mass is 681 g/mol. The minimum Gasteiger partial charge on any atom is -0.354 e. The van der Waals surface area contributed by atoms with Crippen LogP contribution in [0.4, 0.5) is 5.69 Å². The van der Waals surface area contributed by atoms with Crippen LogP contribution in [0.2, 0.25) is 10.0 Å². The fraction of sp³-hybridized carbons (Fsp3) is 0.333. The van der Waals surface area contributed by atoms with Crippen molar-refractivity contribution in [3.8, 4) is 0 Å². The number of hydrogen-bond donors (Lipinski definition) is 1. The number of hydrogen-bond acceptors (Lipinski definition) is 4. The third kappa shape index (κ3) is 8.47. The SMILES string of the molecule is CCC(C(=O)NCC(C)C)N(Cc1c(Cl)cccc1Cl)C(=O)CN(c1ccc(Br)cc1)S(=O)(=O)c1ccc(C)cc1. The van der Waals surface area contributed by atoms with Crippen molar-refractivity contribution in [2.24, 2.45) is 5.92 Å². The van der Waals surface area contributed by atoms with Gasteiger partial charge in [-0.3, -0.25) is 13.9 Å². The van der Waals surface area contributed by atoms with E-state index in [1.165, 1.54) is 17.0 Å². The van der Waals surface area contributed by atoms with Gasteiger partial charge in [-0.1, -0.05) is 83.7 Å². The number of aryl methyl sites for hydroxylation is 1. The van der Waals surface area contributed by atoms with Crippen LogP contribution in [0.15, 0.2) is 76.1 Å². The molecule has 1 unspecified atom stereocenters. The molecule has 1 N–H and O–H groups in total. The molecule has 3 aromatic rings. The zero-order chi connectivity index (χ0) is 30.3. The van der Waals surface area contributed by atoms with Gasteiger partial charge in [0.1, 0.15) is 12.6 Å². The molecule has 7 nitrogen and oxygen atoms in total. The topological polar surface area (TPSA) is 86.8 Å². The number of carbonyl (C=O) groups is 2. The first kappa shape index (κ1) is 32.9. The van der Waals surface area contributed by atoms with Crippen LogP contribution in [0.1, 0.15) is 38.3 Å². The van der Waals surface area contributed by atoms with Gasteiger partial charge in [-0.15, -0.1) is 0 Å². The van der Waals surface area contributed by atoms with Gasteiger partial charge < -0.3 is 10.2 Å². The largest absolute Gasteiger partial charge is 0.354 e. The first-order valence-corrected chi connectivity index (χ1v) is 16.2. The number of nitrogens with zero attached hydrogens (tertiary/aromatic N) is 2. The Kier molecular flexibility index (Phi) is 11.7. The zero-order valence-electron chi connectivity index (χ0n) is 23.4. The van der Waals surface area contributed by atoms with Crippen LogP contribution < -0.4 is 9.62 Å². The summed E-state index contributed by atoms with van der Waals surface area (Å²) in [6.07, 6.45) is 0.292. The maximum Gasteiger partial charge on any atom is 0.264 e. The second-order valence-electron chi connectivity index (χ2n) is 10.1. The summed E-state index contributed by atoms with van der Waals surface area (Å²) >= 11 is 16.3. The van der Waals surface area contributed by atoms with Crippen molar-refractivity contribution in [1.82, 2.24) is 10.2 Å². The van der Waals surface area contributed by atoms with Gasteiger partial charge >= 0.3 is 0 Å². The maximum absolute atomic E-state index is 14.1. The van der Waals surface area contributed by atoms with Gasteiger partial charge in [0.15, 0.2) is 0 Å². The normalized spacial score (nSPS) is 12.2. The standard InChI is InChI=1S/C30H34BrCl2N3O4S/c1-5-28(30(38)34-17-20(2)3)35(18-25-26(32)7-6-8-27(25)33)29(37)19-36(23-13-11-22(31)12-14-23)41(39,40)24-15-9-21(4)10-16-24/h6-16,20,28H,5,17-19H2,1-4H3,(H,34,38). The lowest BCUT2D eigenvalue weighted by atomic mass is 10.1. The molecular formula is C30H34BrCl2N3O4S. The summed E-state index contributed by atoms with van der Waals surface area (Å²) in [4.78, 5) is 28.9. The molecule has 2 amide bonds. The summed E-state index contributed by atoms with van der Waals surface area (Å²) in [6.45, 7) is 7.40. The highest BCUT2D eigenvalue weighted by Crippen LogP contribution is 2.29. The lowest BCUT2D eigenvalue weighted by Crippen LogP contribution is -2.52. The molecule has 11 heteroatoms. The van der Waals surface area contributed by atoms with Gasteiger partial charge in [-0.2, -0.15) is 0 Å². The van der Waals surface area contributed by atoms with Crippen LogP contribution >= 0.6 is 39.1 Å². The molecule has 0 spiro atoms. The van der Waals surface area contributed by atoms with E-state index in [1.807, 2.05) is 20.8 Å². The molecule has 0 saturated heterocycles. The van der Waals surface area contributed by atoms with Crippen LogP contribution in [-0.2, 0) is 26.2 Å². The molecular weight excluding hydrogens is 649 g/mol. The Morgan fingerprint density at radius 2 is 1.54 bits per heavy atom. The van der Waals surface area contributed by atoms with E-state index in [4.69, 9.17) is 23.2 Å². The van der Waals surface area contributed by atoms with Crippen molar-refractivity contribution in [2.75, 3.05) is 17.4 Å². The van der Waals surface area contributed by atoms with Crippen LogP contribution in [0.5, 0.6) is 0 Å². The van der Waals surface area contributed by atoms with Crippen molar-refractivity contribution in [3.63, 3.8) is 0 Å². The van der Waals surface area contributed by atoms with Gasteiger partial charge in [0.25, 0.3) is 10.0 Å². The maximum atomic E-state index is 14.1. The Morgan fingerprint density at radius 3 is 2.07 bits per heavy atom. The molecule has 0 aliphatic rings. The van der Waals surface area contributed by atoms with Gasteiger partial charge in [-0.25, -0.2) is 8.42 Å². The van der Waals surface area contributed by atoms with E-state index < -0.39 is 28.5 Å². The quantitative estimate of drug-likeness (QED) is 0.227. The molecule has 0 aliphatic heterocycles. The van der Waals surface area contributed by atoms with E-state index in [9.17, 15) is 18.0 Å². The second kappa shape index (κ2) is 14.5. The van der Waals surface area contributed by atoms with Crippen molar-refractivity contribution >= 4 is 66.7 Å². The Balaban J connectivity index is 2.08. The third-order valence-corrected chi connectivity index (χ3v) is 9.49.